The summed E-state index contributed by atoms with van der Waals surface area (Å²) in [7, 11) is 1.28. The van der Waals surface area contributed by atoms with Gasteiger partial charge >= 0.3 is 0 Å². The van der Waals surface area contributed by atoms with Gasteiger partial charge in [0, 0.05) is 15.9 Å². The minimum atomic E-state index is 0.101. The Morgan fingerprint density at radius 2 is 1.21 bits per heavy atom. The normalized spacial score (nSPS) is 13.7. The van der Waals surface area contributed by atoms with E-state index in [0.29, 0.717) is 0 Å². The maximum Gasteiger partial charge on any atom is 0.0272 e. The minimum absolute atomic E-state index is 0.101. The van der Waals surface area contributed by atoms with Gasteiger partial charge in [0.25, 0.3) is 0 Å². The zero-order chi connectivity index (χ0) is 21.3. The summed E-state index contributed by atoms with van der Waals surface area (Å²) in [4.78, 5) is 0. The Hall–Kier alpha value is -0.910. The second kappa shape index (κ2) is 8.45. The molecule has 2 aromatic rings. The van der Waals surface area contributed by atoms with Crippen molar-refractivity contribution in [2.45, 2.75) is 85.0 Å². The lowest BCUT2D eigenvalue weighted by molar-refractivity contribution is 0.554. The van der Waals surface area contributed by atoms with Crippen molar-refractivity contribution in [3.8, 4) is 0 Å². The van der Waals surface area contributed by atoms with E-state index in [1.807, 2.05) is 0 Å². The summed E-state index contributed by atoms with van der Waals surface area (Å²) in [6.45, 7) is 21.0. The van der Waals surface area contributed by atoms with E-state index in [9.17, 15) is 0 Å². The predicted octanol–water partition coefficient (Wildman–Crippen LogP) is 7.92. The summed E-state index contributed by atoms with van der Waals surface area (Å²) in [5.74, 6) is 0. The number of hydrogen-bond donors (Lipinski definition) is 0. The van der Waals surface area contributed by atoms with Crippen LogP contribution in [0, 0.1) is 0 Å². The largest absolute Gasteiger partial charge is 0.0622 e. The van der Waals surface area contributed by atoms with Crippen LogP contribution in [0.5, 0.6) is 0 Å². The first-order chi connectivity index (χ1) is 12.7. The average molecular weight is 459 g/mol. The van der Waals surface area contributed by atoms with Crippen molar-refractivity contribution in [3.63, 3.8) is 0 Å². The van der Waals surface area contributed by atoms with Crippen LogP contribution in [0.3, 0.4) is 0 Å². The van der Waals surface area contributed by atoms with Crippen LogP contribution in [0.2, 0.25) is 0 Å². The summed E-state index contributed by atoms with van der Waals surface area (Å²) >= 11 is 3.92. The molecule has 0 fully saturated rings. The average Bonchev–Trinajstić information content (AvgIpc) is 2.52. The van der Waals surface area contributed by atoms with Crippen molar-refractivity contribution < 1.29 is 0 Å². The Morgan fingerprint density at radius 1 is 0.750 bits per heavy atom. The van der Waals surface area contributed by atoms with Crippen LogP contribution >= 0.6 is 24.1 Å². The molecule has 0 N–H and O–H groups in total. The highest BCUT2D eigenvalue weighted by Gasteiger charge is 2.28. The molecule has 0 aromatic heterocycles. The highest BCUT2D eigenvalue weighted by molar-refractivity contribution is 9.19. The molecular weight excluding hydrogens is 423 g/mol. The quantitative estimate of drug-likeness (QED) is 0.409. The minimum Gasteiger partial charge on any atom is -0.0622 e. The van der Waals surface area contributed by atoms with Gasteiger partial charge in [-0.15, -0.1) is 0 Å². The molecule has 0 spiro atoms. The Kier molecular flexibility index (Phi) is 7.05. The van der Waals surface area contributed by atoms with Crippen LogP contribution in [-0.4, -0.2) is 4.20 Å². The topological polar surface area (TPSA) is 0 Å². The van der Waals surface area contributed by atoms with Crippen LogP contribution in [0.25, 0.3) is 0 Å². The molecule has 0 radical (unpaired) electrons. The molecular formula is C26H36BrP. The van der Waals surface area contributed by atoms with Gasteiger partial charge in [0.1, 0.15) is 0 Å². The molecule has 0 aliphatic rings. The molecule has 0 unspecified atom stereocenters. The van der Waals surface area contributed by atoms with Gasteiger partial charge in [0.15, 0.2) is 0 Å². The third-order valence-electron chi connectivity index (χ3n) is 5.02. The third-order valence-corrected chi connectivity index (χ3v) is 6.94. The maximum atomic E-state index is 3.92. The van der Waals surface area contributed by atoms with Crippen LogP contribution < -0.4 is 5.30 Å². The molecule has 0 nitrogen and oxygen atoms in total. The van der Waals surface area contributed by atoms with Crippen molar-refractivity contribution in [1.29, 1.82) is 0 Å². The van der Waals surface area contributed by atoms with Gasteiger partial charge in [0.05, 0.1) is 0 Å². The molecule has 0 aliphatic heterocycles. The van der Waals surface area contributed by atoms with Crippen molar-refractivity contribution in [2.24, 2.45) is 0 Å². The summed E-state index contributed by atoms with van der Waals surface area (Å²) in [5, 5.41) is 1.47. The van der Waals surface area contributed by atoms with Crippen LogP contribution in [0.4, 0.5) is 0 Å². The van der Waals surface area contributed by atoms with Crippen molar-refractivity contribution in [1.82, 2.24) is 0 Å². The molecule has 0 amide bonds. The fourth-order valence-corrected chi connectivity index (χ4v) is 5.66. The lowest BCUT2D eigenvalue weighted by Crippen LogP contribution is -2.30. The zero-order valence-electron chi connectivity index (χ0n) is 19.1. The predicted molar refractivity (Wildman–Crippen MR) is 133 cm³/mol. The summed E-state index contributed by atoms with van der Waals surface area (Å²) < 4.78 is 1.32. The number of benzene rings is 2. The van der Waals surface area contributed by atoms with E-state index in [4.69, 9.17) is 0 Å². The molecule has 152 valence electrons. The van der Waals surface area contributed by atoms with Gasteiger partial charge in [-0.1, -0.05) is 113 Å². The van der Waals surface area contributed by atoms with Gasteiger partial charge in [-0.05, 0) is 54.4 Å². The van der Waals surface area contributed by atoms with E-state index in [1.165, 1.54) is 40.0 Å². The van der Waals surface area contributed by atoms with E-state index >= 15 is 0 Å². The second-order valence-corrected chi connectivity index (χ2v) is 13.6. The summed E-state index contributed by atoms with van der Waals surface area (Å²) in [6, 6.07) is 15.6. The van der Waals surface area contributed by atoms with Gasteiger partial charge in [-0.3, -0.25) is 0 Å². The molecule has 0 saturated carbocycles. The van der Waals surface area contributed by atoms with Crippen LogP contribution in [-0.2, 0) is 22.7 Å². The highest BCUT2D eigenvalue weighted by atomic mass is 79.9. The smallest absolute Gasteiger partial charge is 0.0272 e. The molecule has 2 heteroatoms. The Balaban J connectivity index is 2.71. The number of halogens is 1. The number of hydrogen-bond acceptors (Lipinski definition) is 0. The standard InChI is InChI=1S/C26H36BrP/c1-24(2,3)19-16-20(25(4,5)6)23(21(17-19)26(7,8)9)28-22(27)15-18-13-11-10-12-14-18/h10-14,16-17H,15H2,1-9H3. The Bertz CT molecular complexity index is 806. The molecule has 2 rings (SSSR count). The fraction of sp³-hybridized carbons (Fsp3) is 0.500. The maximum absolute atomic E-state index is 3.92. The molecule has 0 atom stereocenters. The monoisotopic (exact) mass is 458 g/mol. The van der Waals surface area contributed by atoms with Crippen molar-refractivity contribution >= 4 is 33.6 Å². The van der Waals surface area contributed by atoms with Crippen molar-refractivity contribution in [2.75, 3.05) is 0 Å². The number of rotatable bonds is 3. The third kappa shape index (κ3) is 6.04. The Morgan fingerprint density at radius 3 is 1.61 bits per heavy atom. The van der Waals surface area contributed by atoms with E-state index in [2.05, 4.69) is 121 Å². The molecule has 2 aromatic carbocycles. The Labute approximate surface area is 183 Å². The van der Waals surface area contributed by atoms with Crippen LogP contribution in [0.15, 0.2) is 42.5 Å². The lowest BCUT2D eigenvalue weighted by atomic mass is 9.75. The molecule has 28 heavy (non-hydrogen) atoms. The first kappa shape index (κ1) is 23.4. The zero-order valence-corrected chi connectivity index (χ0v) is 21.6. The van der Waals surface area contributed by atoms with E-state index in [-0.39, 0.29) is 16.2 Å². The van der Waals surface area contributed by atoms with Gasteiger partial charge in [0.2, 0.25) is 0 Å². The first-order valence-corrected chi connectivity index (χ1v) is 11.8. The van der Waals surface area contributed by atoms with Gasteiger partial charge in [-0.2, -0.15) is 0 Å². The fourth-order valence-electron chi connectivity index (χ4n) is 3.26. The van der Waals surface area contributed by atoms with E-state index in [1.54, 1.807) is 0 Å². The summed E-state index contributed by atoms with van der Waals surface area (Å²) in [6.07, 6.45) is 0.955. The SMILES string of the molecule is CC(C)(C)c1cc(C(C)(C)C)c(P=C(Br)Cc2ccccc2)c(C(C)(C)C)c1. The highest BCUT2D eigenvalue weighted by Crippen LogP contribution is 2.35. The van der Waals surface area contributed by atoms with E-state index in [0.717, 1.165) is 6.42 Å². The van der Waals surface area contributed by atoms with Gasteiger partial charge in [-0.25, -0.2) is 0 Å². The molecule has 0 bridgehead atoms. The molecule has 0 heterocycles. The van der Waals surface area contributed by atoms with Crippen molar-refractivity contribution in [3.05, 3.63) is 64.7 Å². The second-order valence-electron chi connectivity index (χ2n) is 10.8. The van der Waals surface area contributed by atoms with Gasteiger partial charge < -0.3 is 0 Å². The summed E-state index contributed by atoms with van der Waals surface area (Å²) in [5.41, 5.74) is 6.06. The van der Waals surface area contributed by atoms with E-state index < -0.39 is 0 Å². The molecule has 0 saturated heterocycles. The molecule has 0 aliphatic carbocycles. The lowest BCUT2D eigenvalue weighted by Gasteiger charge is -2.32. The van der Waals surface area contributed by atoms with Crippen LogP contribution in [0.1, 0.15) is 84.6 Å². The first-order valence-electron chi connectivity index (χ1n) is 10.2.